The van der Waals surface area contributed by atoms with E-state index < -0.39 is 23.7 Å². The molecule has 6 nitrogen and oxygen atoms in total. The smallest absolute Gasteiger partial charge is 0.414 e. The molecule has 1 atom stereocenters. The molecular weight excluding hydrogens is 282 g/mol. The molecule has 8 heteroatoms. The van der Waals surface area contributed by atoms with Gasteiger partial charge in [0.1, 0.15) is 0 Å². The van der Waals surface area contributed by atoms with E-state index in [0.717, 1.165) is 0 Å². The molecule has 1 unspecified atom stereocenters. The summed E-state index contributed by atoms with van der Waals surface area (Å²) in [5.74, 6) is 0. The third-order valence-electron chi connectivity index (χ3n) is 2.11. The molecule has 0 fully saturated rings. The van der Waals surface area contributed by atoms with E-state index in [-0.39, 0.29) is 5.73 Å². The molecule has 0 aromatic heterocycles. The van der Waals surface area contributed by atoms with Crippen LogP contribution in [0.3, 0.4) is 0 Å². The first-order valence-corrected chi connectivity index (χ1v) is 11.2. The van der Waals surface area contributed by atoms with E-state index in [1.54, 1.807) is 21.1 Å². The van der Waals surface area contributed by atoms with Crippen molar-refractivity contribution in [1.82, 2.24) is 5.32 Å². The molecule has 1 radical (unpaired) electrons. The Labute approximate surface area is 118 Å². The first-order valence-electron chi connectivity index (χ1n) is 6.37. The molecule has 0 heterocycles. The molecule has 0 spiro atoms. The fourth-order valence-corrected chi connectivity index (χ4v) is 4.97. The minimum absolute atomic E-state index is 0.103. The van der Waals surface area contributed by atoms with E-state index in [1.807, 2.05) is 0 Å². The maximum absolute atomic E-state index is 11.2. The van der Waals surface area contributed by atoms with Crippen molar-refractivity contribution in [2.24, 2.45) is 0 Å². The molecule has 0 rings (SSSR count). The molecule has 0 aromatic rings. The zero-order chi connectivity index (χ0) is 14.9. The van der Waals surface area contributed by atoms with Crippen molar-refractivity contribution in [3.63, 3.8) is 0 Å². The minimum Gasteiger partial charge on any atom is -0.450 e. The van der Waals surface area contributed by atoms with Crippen molar-refractivity contribution in [3.8, 4) is 0 Å². The van der Waals surface area contributed by atoms with Gasteiger partial charge in [-0.05, 0) is 33.0 Å². The summed E-state index contributed by atoms with van der Waals surface area (Å²) in [6, 6.07) is 0. The normalized spacial score (nSPS) is 13.4. The fraction of sp³-hybridized carbons (Fsp3) is 0.909. The van der Waals surface area contributed by atoms with Crippen molar-refractivity contribution >= 4 is 23.7 Å². The summed E-state index contributed by atoms with van der Waals surface area (Å²) in [5.41, 5.74) is -0.103. The summed E-state index contributed by atoms with van der Waals surface area (Å²) in [6.45, 7) is 8.96. The van der Waals surface area contributed by atoms with E-state index in [4.69, 9.17) is 18.0 Å². The van der Waals surface area contributed by atoms with Gasteiger partial charge in [-0.25, -0.2) is 4.79 Å². The first kappa shape index (κ1) is 18.6. The predicted molar refractivity (Wildman–Crippen MR) is 77.6 cm³/mol. The third kappa shape index (κ3) is 9.17. The second kappa shape index (κ2) is 9.48. The van der Waals surface area contributed by atoms with Gasteiger partial charge in [0.05, 0.1) is 12.3 Å². The van der Waals surface area contributed by atoms with Crippen LogP contribution in [0.4, 0.5) is 4.79 Å². The molecule has 0 aliphatic rings. The molecule has 0 aliphatic heterocycles. The molecule has 0 aliphatic carbocycles. The van der Waals surface area contributed by atoms with Gasteiger partial charge >= 0.3 is 15.4 Å². The Morgan fingerprint density at radius 3 is 2.26 bits per heavy atom. The monoisotopic (exact) mass is 308 g/mol. The molecule has 0 saturated carbocycles. The molecule has 19 heavy (non-hydrogen) atoms. The van der Waals surface area contributed by atoms with Gasteiger partial charge < -0.3 is 23.3 Å². The van der Waals surface area contributed by atoms with Crippen molar-refractivity contribution in [3.05, 3.63) is 0 Å². The molecule has 0 aromatic carbocycles. The number of nitrogens with one attached hydrogen (secondary N) is 1. The Hall–Kier alpha value is -0.416. The van der Waals surface area contributed by atoms with Gasteiger partial charge in [-0.3, -0.25) is 0 Å². The number of ether oxygens (including phenoxy) is 1. The van der Waals surface area contributed by atoms with Gasteiger partial charge in [-0.15, -0.1) is 0 Å². The van der Waals surface area contributed by atoms with Crippen LogP contribution in [0, 0.1) is 0 Å². The number of rotatable bonds is 9. The van der Waals surface area contributed by atoms with E-state index in [1.165, 1.54) is 0 Å². The van der Waals surface area contributed by atoms with Gasteiger partial charge in [-0.2, -0.15) is 0 Å². The van der Waals surface area contributed by atoms with Gasteiger partial charge in [0.15, 0.2) is 8.32 Å². The van der Waals surface area contributed by atoms with Gasteiger partial charge in [0, 0.05) is 20.8 Å². The van der Waals surface area contributed by atoms with Crippen LogP contribution < -0.4 is 5.32 Å². The average molecular weight is 309 g/mol. The number of carbonyl (C=O) groups is 1. The van der Waals surface area contributed by atoms with Crippen LogP contribution in [0.5, 0.6) is 0 Å². The van der Waals surface area contributed by atoms with Crippen LogP contribution in [-0.4, -0.2) is 56.8 Å². The third-order valence-corrected chi connectivity index (χ3v) is 5.08. The van der Waals surface area contributed by atoms with Crippen molar-refractivity contribution in [2.45, 2.75) is 38.7 Å². The highest BCUT2D eigenvalue weighted by atomic mass is 28.4. The Morgan fingerprint density at radius 1 is 1.26 bits per heavy atom. The summed E-state index contributed by atoms with van der Waals surface area (Å²) < 4.78 is 21.6. The van der Waals surface area contributed by atoms with Crippen molar-refractivity contribution < 1.29 is 22.8 Å². The van der Waals surface area contributed by atoms with Crippen LogP contribution in [0.15, 0.2) is 0 Å². The first-order chi connectivity index (χ1) is 8.84. The highest BCUT2D eigenvalue weighted by Gasteiger charge is 2.32. The lowest BCUT2D eigenvalue weighted by Crippen LogP contribution is -2.45. The molecule has 0 bridgehead atoms. The number of hydrogen-bond donors (Lipinski definition) is 1. The molecule has 1 amide bonds. The van der Waals surface area contributed by atoms with Gasteiger partial charge in [0.2, 0.25) is 0 Å². The van der Waals surface area contributed by atoms with Crippen molar-refractivity contribution in [2.75, 3.05) is 27.4 Å². The second-order valence-corrected chi connectivity index (χ2v) is 11.4. The van der Waals surface area contributed by atoms with E-state index >= 15 is 0 Å². The van der Waals surface area contributed by atoms with Crippen LogP contribution in [0.2, 0.25) is 19.6 Å². The van der Waals surface area contributed by atoms with E-state index in [9.17, 15) is 4.79 Å². The summed E-state index contributed by atoms with van der Waals surface area (Å²) in [4.78, 5) is 11.2. The zero-order valence-electron chi connectivity index (χ0n) is 12.7. The van der Waals surface area contributed by atoms with Gasteiger partial charge in [-0.1, -0.05) is 0 Å². The highest BCUT2D eigenvalue weighted by molar-refractivity contribution is 6.70. The van der Waals surface area contributed by atoms with Crippen molar-refractivity contribution in [1.29, 1.82) is 0 Å². The maximum atomic E-state index is 11.2. The molecule has 0 saturated heterocycles. The van der Waals surface area contributed by atoms with Crippen LogP contribution in [-0.2, 0) is 18.0 Å². The Balaban J connectivity index is 4.30. The van der Waals surface area contributed by atoms with Crippen LogP contribution >= 0.6 is 0 Å². The number of hydrogen-bond acceptors (Lipinski definition) is 5. The average Bonchev–Trinajstić information content (AvgIpc) is 2.28. The van der Waals surface area contributed by atoms with Gasteiger partial charge in [0.25, 0.3) is 0 Å². The lowest BCUT2D eigenvalue weighted by molar-refractivity contribution is 0.146. The lowest BCUT2D eigenvalue weighted by Gasteiger charge is -2.28. The minimum atomic E-state index is -1.69. The Bertz CT molecular complexity index is 256. The summed E-state index contributed by atoms with van der Waals surface area (Å²) in [6.07, 6.45) is 0.247. The maximum Gasteiger partial charge on any atom is 0.414 e. The highest BCUT2D eigenvalue weighted by Crippen LogP contribution is 2.13. The SMILES string of the molecule is CCOC(=O)NCCC(O[Si](C)(C)C)[Si](OC)OC. The second-order valence-electron chi connectivity index (χ2n) is 4.88. The standard InChI is InChI=1S/C11H26NO5Si2/c1-7-16-11(13)12-9-8-10(17-19(4,5)6)18(14-2)15-3/h10H,7-9H2,1-6H3,(H,12,13). The summed E-state index contributed by atoms with van der Waals surface area (Å²) >= 11 is 0. The lowest BCUT2D eigenvalue weighted by atomic mass is 10.4. The molecular formula is C11H26NO5Si2. The quantitative estimate of drug-likeness (QED) is 0.656. The number of carbonyl (C=O) groups excluding carboxylic acids is 1. The number of amides is 1. The Morgan fingerprint density at radius 2 is 1.84 bits per heavy atom. The zero-order valence-corrected chi connectivity index (χ0v) is 14.7. The topological polar surface area (TPSA) is 66.0 Å². The molecule has 1 N–H and O–H groups in total. The number of alkyl carbamates (subject to hydrolysis) is 1. The predicted octanol–water partition coefficient (Wildman–Crippen LogP) is 1.66. The molecule has 113 valence electrons. The Kier molecular flexibility index (Phi) is 9.27. The van der Waals surface area contributed by atoms with Crippen LogP contribution in [0.25, 0.3) is 0 Å². The largest absolute Gasteiger partial charge is 0.450 e. The summed E-state index contributed by atoms with van der Waals surface area (Å²) in [5, 5.41) is 2.68. The fourth-order valence-electron chi connectivity index (χ4n) is 1.49. The van der Waals surface area contributed by atoms with E-state index in [0.29, 0.717) is 19.6 Å². The van der Waals surface area contributed by atoms with Crippen LogP contribution in [0.1, 0.15) is 13.3 Å². The van der Waals surface area contributed by atoms with E-state index in [2.05, 4.69) is 25.0 Å². The summed E-state index contributed by atoms with van der Waals surface area (Å²) in [7, 11) is 0.0739.